The van der Waals surface area contributed by atoms with Crippen molar-refractivity contribution in [3.05, 3.63) is 93.7 Å². The zero-order valence-corrected chi connectivity index (χ0v) is 15.3. The van der Waals surface area contributed by atoms with Gasteiger partial charge in [0.2, 0.25) is 5.82 Å². The van der Waals surface area contributed by atoms with Gasteiger partial charge in [-0.15, -0.1) is 0 Å². The SMILES string of the molecule is Cc1c(Cc2ccccc2)cnc(NS(=O)(=O)c2ccccc2)c1[N+](=O)[O-]. The third-order valence-electron chi connectivity index (χ3n) is 4.12. The summed E-state index contributed by atoms with van der Waals surface area (Å²) in [5.41, 5.74) is 1.68. The van der Waals surface area contributed by atoms with Crippen molar-refractivity contribution in [1.82, 2.24) is 4.98 Å². The zero-order valence-electron chi connectivity index (χ0n) is 14.5. The molecule has 0 saturated carbocycles. The predicted octanol–water partition coefficient (Wildman–Crippen LogP) is 3.69. The van der Waals surface area contributed by atoms with E-state index in [0.29, 0.717) is 17.5 Å². The van der Waals surface area contributed by atoms with Gasteiger partial charge in [0, 0.05) is 11.8 Å². The number of hydrogen-bond acceptors (Lipinski definition) is 5. The lowest BCUT2D eigenvalue weighted by atomic mass is 10.0. The molecule has 1 heterocycles. The van der Waals surface area contributed by atoms with Gasteiger partial charge in [0.05, 0.1) is 9.82 Å². The van der Waals surface area contributed by atoms with Crippen molar-refractivity contribution in [3.8, 4) is 0 Å². The molecule has 27 heavy (non-hydrogen) atoms. The van der Waals surface area contributed by atoms with E-state index in [-0.39, 0.29) is 16.4 Å². The average molecular weight is 383 g/mol. The van der Waals surface area contributed by atoms with Crippen LogP contribution >= 0.6 is 0 Å². The van der Waals surface area contributed by atoms with E-state index in [2.05, 4.69) is 9.71 Å². The summed E-state index contributed by atoms with van der Waals surface area (Å²) in [5, 5.41) is 11.6. The second kappa shape index (κ2) is 7.55. The van der Waals surface area contributed by atoms with Crippen molar-refractivity contribution in [2.24, 2.45) is 0 Å². The van der Waals surface area contributed by atoms with Gasteiger partial charge >= 0.3 is 5.69 Å². The van der Waals surface area contributed by atoms with Gasteiger partial charge in [-0.1, -0.05) is 48.5 Å². The number of benzene rings is 2. The van der Waals surface area contributed by atoms with Crippen LogP contribution in [0.2, 0.25) is 0 Å². The molecule has 138 valence electrons. The topological polar surface area (TPSA) is 102 Å². The predicted molar refractivity (Wildman–Crippen MR) is 102 cm³/mol. The number of nitrogens with zero attached hydrogens (tertiary/aromatic N) is 2. The van der Waals surface area contributed by atoms with Crippen molar-refractivity contribution in [2.75, 3.05) is 4.72 Å². The number of pyridine rings is 1. The van der Waals surface area contributed by atoms with E-state index in [1.54, 1.807) is 25.1 Å². The molecule has 0 spiro atoms. The summed E-state index contributed by atoms with van der Waals surface area (Å²) in [4.78, 5) is 15.0. The first kappa shape index (κ1) is 18.5. The van der Waals surface area contributed by atoms with Crippen molar-refractivity contribution < 1.29 is 13.3 Å². The van der Waals surface area contributed by atoms with E-state index < -0.39 is 14.9 Å². The van der Waals surface area contributed by atoms with E-state index in [4.69, 9.17) is 0 Å². The van der Waals surface area contributed by atoms with E-state index >= 15 is 0 Å². The second-order valence-corrected chi connectivity index (χ2v) is 7.63. The van der Waals surface area contributed by atoms with Gasteiger partial charge in [-0.25, -0.2) is 13.4 Å². The van der Waals surface area contributed by atoms with E-state index in [0.717, 1.165) is 5.56 Å². The van der Waals surface area contributed by atoms with Crippen LogP contribution in [0.15, 0.2) is 71.8 Å². The molecule has 0 fully saturated rings. The van der Waals surface area contributed by atoms with Gasteiger partial charge in [-0.2, -0.15) is 0 Å². The highest BCUT2D eigenvalue weighted by Gasteiger charge is 2.26. The Labute approximate surface area is 156 Å². The van der Waals surface area contributed by atoms with E-state index in [1.807, 2.05) is 30.3 Å². The molecule has 1 aromatic heterocycles. The van der Waals surface area contributed by atoms with Crippen LogP contribution in [0.4, 0.5) is 11.5 Å². The maximum Gasteiger partial charge on any atom is 0.315 e. The van der Waals surface area contributed by atoms with Gasteiger partial charge < -0.3 is 0 Å². The Morgan fingerprint density at radius 3 is 2.22 bits per heavy atom. The number of hydrogen-bond donors (Lipinski definition) is 1. The molecule has 0 radical (unpaired) electrons. The Balaban J connectivity index is 1.99. The number of rotatable bonds is 6. The minimum Gasteiger partial charge on any atom is -0.258 e. The van der Waals surface area contributed by atoms with Gasteiger partial charge in [0.15, 0.2) is 0 Å². The molecule has 0 unspecified atom stereocenters. The molecule has 0 atom stereocenters. The summed E-state index contributed by atoms with van der Waals surface area (Å²) in [5.74, 6) is -0.293. The fraction of sp³-hybridized carbons (Fsp3) is 0.105. The molecular weight excluding hydrogens is 366 g/mol. The molecular formula is C19H17N3O4S. The molecule has 3 rings (SSSR count). The summed E-state index contributed by atoms with van der Waals surface area (Å²) in [7, 11) is -3.97. The van der Waals surface area contributed by atoms with Crippen LogP contribution in [-0.4, -0.2) is 18.3 Å². The molecule has 3 aromatic rings. The van der Waals surface area contributed by atoms with Crippen LogP contribution in [0, 0.1) is 17.0 Å². The second-order valence-electron chi connectivity index (χ2n) is 5.94. The number of nitrogens with one attached hydrogen (secondary N) is 1. The Morgan fingerprint density at radius 1 is 1.04 bits per heavy atom. The van der Waals surface area contributed by atoms with E-state index in [9.17, 15) is 18.5 Å². The summed E-state index contributed by atoms with van der Waals surface area (Å²) < 4.78 is 27.2. The molecule has 1 N–H and O–H groups in total. The van der Waals surface area contributed by atoms with Crippen LogP contribution in [-0.2, 0) is 16.4 Å². The van der Waals surface area contributed by atoms with Crippen molar-refractivity contribution in [3.63, 3.8) is 0 Å². The Hall–Kier alpha value is -3.26. The lowest BCUT2D eigenvalue weighted by molar-refractivity contribution is -0.384. The molecule has 2 aromatic carbocycles. The summed E-state index contributed by atoms with van der Waals surface area (Å²) >= 11 is 0. The van der Waals surface area contributed by atoms with Crippen LogP contribution in [0.3, 0.4) is 0 Å². The normalized spacial score (nSPS) is 11.1. The number of anilines is 1. The Kier molecular flexibility index (Phi) is 5.18. The highest BCUT2D eigenvalue weighted by Crippen LogP contribution is 2.31. The van der Waals surface area contributed by atoms with Gasteiger partial charge in [0.25, 0.3) is 10.0 Å². The lowest BCUT2D eigenvalue weighted by Crippen LogP contribution is -2.16. The molecule has 0 bridgehead atoms. The van der Waals surface area contributed by atoms with Crippen molar-refractivity contribution >= 4 is 21.5 Å². The minimum absolute atomic E-state index is 0.00659. The van der Waals surface area contributed by atoms with Crippen molar-refractivity contribution in [2.45, 2.75) is 18.2 Å². The fourth-order valence-electron chi connectivity index (χ4n) is 2.71. The first-order valence-electron chi connectivity index (χ1n) is 8.13. The maximum atomic E-state index is 12.5. The summed E-state index contributed by atoms with van der Waals surface area (Å²) in [6.07, 6.45) is 1.93. The molecule has 0 amide bonds. The van der Waals surface area contributed by atoms with Crippen LogP contribution in [0.1, 0.15) is 16.7 Å². The zero-order chi connectivity index (χ0) is 19.4. The van der Waals surface area contributed by atoms with Crippen LogP contribution < -0.4 is 4.72 Å². The molecule has 7 nitrogen and oxygen atoms in total. The van der Waals surface area contributed by atoms with Gasteiger partial charge in [-0.05, 0) is 36.6 Å². The number of sulfonamides is 1. The van der Waals surface area contributed by atoms with Crippen LogP contribution in [0.25, 0.3) is 0 Å². The van der Waals surface area contributed by atoms with Crippen molar-refractivity contribution in [1.29, 1.82) is 0 Å². The minimum atomic E-state index is -3.97. The fourth-order valence-corrected chi connectivity index (χ4v) is 3.75. The van der Waals surface area contributed by atoms with Gasteiger partial charge in [-0.3, -0.25) is 14.8 Å². The first-order valence-corrected chi connectivity index (χ1v) is 9.61. The third-order valence-corrected chi connectivity index (χ3v) is 5.47. The Morgan fingerprint density at radius 2 is 1.63 bits per heavy atom. The smallest absolute Gasteiger partial charge is 0.258 e. The molecule has 0 aliphatic heterocycles. The molecule has 0 aliphatic carbocycles. The highest BCUT2D eigenvalue weighted by atomic mass is 32.2. The molecule has 8 heteroatoms. The number of aromatic nitrogens is 1. The van der Waals surface area contributed by atoms with Crippen LogP contribution in [0.5, 0.6) is 0 Å². The van der Waals surface area contributed by atoms with Gasteiger partial charge in [0.1, 0.15) is 0 Å². The van der Waals surface area contributed by atoms with E-state index in [1.165, 1.54) is 18.3 Å². The monoisotopic (exact) mass is 383 g/mol. The molecule has 0 saturated heterocycles. The molecule has 0 aliphatic rings. The lowest BCUT2D eigenvalue weighted by Gasteiger charge is -2.12. The Bertz CT molecular complexity index is 1070. The average Bonchev–Trinajstić information content (AvgIpc) is 2.65. The number of nitro groups is 1. The summed E-state index contributed by atoms with van der Waals surface area (Å²) in [6, 6.07) is 17.1. The highest BCUT2D eigenvalue weighted by molar-refractivity contribution is 7.92. The first-order chi connectivity index (χ1) is 12.9. The summed E-state index contributed by atoms with van der Waals surface area (Å²) in [6.45, 7) is 1.60. The quantitative estimate of drug-likeness (QED) is 0.517. The third kappa shape index (κ3) is 4.12. The largest absolute Gasteiger partial charge is 0.315 e. The standard InChI is InChI=1S/C19H17N3O4S/c1-14-16(12-15-8-4-2-5-9-15)13-20-19(18(14)22(23)24)21-27(25,26)17-10-6-3-7-11-17/h2-11,13H,12H2,1H3,(H,20,21). The maximum absolute atomic E-state index is 12.5.